The standard InChI is InChI=1S/C16H24BrFN2S/c1-3-6-19-15(16-11-21-8-7-20(16)2)10-12-9-13(17)4-5-14(12)18/h4-5,9,15-16,19H,3,6-8,10-11H2,1-2H3. The topological polar surface area (TPSA) is 15.3 Å². The summed E-state index contributed by atoms with van der Waals surface area (Å²) in [4.78, 5) is 2.42. The fourth-order valence-corrected chi connectivity index (χ4v) is 4.46. The maximum Gasteiger partial charge on any atom is 0.126 e. The predicted molar refractivity (Wildman–Crippen MR) is 93.6 cm³/mol. The summed E-state index contributed by atoms with van der Waals surface area (Å²) in [7, 11) is 2.18. The zero-order valence-corrected chi connectivity index (χ0v) is 15.1. The van der Waals surface area contributed by atoms with Crippen molar-refractivity contribution in [2.24, 2.45) is 0 Å². The van der Waals surface area contributed by atoms with Gasteiger partial charge in [-0.15, -0.1) is 0 Å². The van der Waals surface area contributed by atoms with Gasteiger partial charge in [0.2, 0.25) is 0 Å². The molecule has 1 aromatic rings. The third kappa shape index (κ3) is 4.95. The van der Waals surface area contributed by atoms with Gasteiger partial charge < -0.3 is 10.2 Å². The highest BCUT2D eigenvalue weighted by atomic mass is 79.9. The largest absolute Gasteiger partial charge is 0.312 e. The molecule has 1 saturated heterocycles. The third-order valence-corrected chi connectivity index (χ3v) is 5.55. The van der Waals surface area contributed by atoms with Crippen LogP contribution in [0.2, 0.25) is 0 Å². The first-order valence-corrected chi connectivity index (χ1v) is 9.52. The SMILES string of the molecule is CCCNC(Cc1cc(Br)ccc1F)C1CSCCN1C. The highest BCUT2D eigenvalue weighted by Crippen LogP contribution is 2.22. The van der Waals surface area contributed by atoms with Crippen LogP contribution >= 0.6 is 27.7 Å². The van der Waals surface area contributed by atoms with Crippen molar-refractivity contribution in [1.82, 2.24) is 10.2 Å². The van der Waals surface area contributed by atoms with Gasteiger partial charge in [-0.25, -0.2) is 4.39 Å². The Morgan fingerprint density at radius 2 is 2.33 bits per heavy atom. The number of thioether (sulfide) groups is 1. The molecular formula is C16H24BrFN2S. The summed E-state index contributed by atoms with van der Waals surface area (Å²) in [6, 6.07) is 5.98. The van der Waals surface area contributed by atoms with Gasteiger partial charge in [0.15, 0.2) is 0 Å². The van der Waals surface area contributed by atoms with Crippen LogP contribution in [0.1, 0.15) is 18.9 Å². The van der Waals surface area contributed by atoms with Crippen LogP contribution in [0.5, 0.6) is 0 Å². The van der Waals surface area contributed by atoms with Crippen LogP contribution in [-0.4, -0.2) is 48.6 Å². The van der Waals surface area contributed by atoms with Crippen molar-refractivity contribution in [2.75, 3.05) is 31.6 Å². The van der Waals surface area contributed by atoms with E-state index in [2.05, 4.69) is 40.1 Å². The molecule has 1 aromatic carbocycles. The molecule has 0 aliphatic carbocycles. The van der Waals surface area contributed by atoms with Crippen LogP contribution in [0.3, 0.4) is 0 Å². The second-order valence-corrected chi connectivity index (χ2v) is 7.69. The van der Waals surface area contributed by atoms with Crippen molar-refractivity contribution in [2.45, 2.75) is 31.8 Å². The lowest BCUT2D eigenvalue weighted by Gasteiger charge is -2.38. The number of likely N-dealkylation sites (N-methyl/N-ethyl adjacent to an activating group) is 1. The molecule has 1 heterocycles. The predicted octanol–water partition coefficient (Wildman–Crippen LogP) is 3.55. The molecule has 0 aromatic heterocycles. The van der Waals surface area contributed by atoms with Gasteiger partial charge in [-0.3, -0.25) is 0 Å². The van der Waals surface area contributed by atoms with Crippen molar-refractivity contribution >= 4 is 27.7 Å². The Balaban J connectivity index is 2.13. The van der Waals surface area contributed by atoms with Crippen molar-refractivity contribution in [1.29, 1.82) is 0 Å². The number of benzene rings is 1. The zero-order valence-electron chi connectivity index (χ0n) is 12.7. The quantitative estimate of drug-likeness (QED) is 0.819. The van der Waals surface area contributed by atoms with E-state index in [1.807, 2.05) is 17.8 Å². The minimum absolute atomic E-state index is 0.104. The Labute approximate surface area is 140 Å². The lowest BCUT2D eigenvalue weighted by atomic mass is 9.98. The van der Waals surface area contributed by atoms with Gasteiger partial charge in [0.1, 0.15) is 5.82 Å². The number of nitrogens with zero attached hydrogens (tertiary/aromatic N) is 1. The Kier molecular flexibility index (Phi) is 6.99. The summed E-state index contributed by atoms with van der Waals surface area (Å²) in [5.41, 5.74) is 0.793. The second kappa shape index (κ2) is 8.51. The molecule has 1 aliphatic heterocycles. The van der Waals surface area contributed by atoms with E-state index in [0.29, 0.717) is 12.1 Å². The molecule has 1 aliphatic rings. The highest BCUT2D eigenvalue weighted by Gasteiger charge is 2.28. The van der Waals surface area contributed by atoms with Crippen molar-refractivity contribution in [3.8, 4) is 0 Å². The van der Waals surface area contributed by atoms with Crippen molar-refractivity contribution < 1.29 is 4.39 Å². The second-order valence-electron chi connectivity index (χ2n) is 5.62. The van der Waals surface area contributed by atoms with Gasteiger partial charge in [0.25, 0.3) is 0 Å². The summed E-state index contributed by atoms with van der Waals surface area (Å²) in [6.07, 6.45) is 1.84. The lowest BCUT2D eigenvalue weighted by molar-refractivity contribution is 0.213. The van der Waals surface area contributed by atoms with Crippen LogP contribution in [0.4, 0.5) is 4.39 Å². The third-order valence-electron chi connectivity index (χ3n) is 4.01. The van der Waals surface area contributed by atoms with E-state index in [9.17, 15) is 4.39 Å². The molecule has 0 spiro atoms. The van der Waals surface area contributed by atoms with Crippen LogP contribution in [-0.2, 0) is 6.42 Å². The molecule has 2 rings (SSSR count). The summed E-state index contributed by atoms with van der Waals surface area (Å²) in [6.45, 7) is 4.26. The van der Waals surface area contributed by atoms with Crippen LogP contribution < -0.4 is 5.32 Å². The van der Waals surface area contributed by atoms with Crippen molar-refractivity contribution in [3.05, 3.63) is 34.1 Å². The van der Waals surface area contributed by atoms with E-state index >= 15 is 0 Å². The average molecular weight is 375 g/mol. The molecule has 0 saturated carbocycles. The Bertz CT molecular complexity index is 458. The molecule has 5 heteroatoms. The summed E-state index contributed by atoms with van der Waals surface area (Å²) in [5.74, 6) is 2.21. The summed E-state index contributed by atoms with van der Waals surface area (Å²) in [5, 5.41) is 3.63. The molecule has 0 amide bonds. The average Bonchev–Trinajstić information content (AvgIpc) is 2.48. The molecule has 1 N–H and O–H groups in total. The van der Waals surface area contributed by atoms with Crippen LogP contribution in [0.15, 0.2) is 22.7 Å². The minimum Gasteiger partial charge on any atom is -0.312 e. The summed E-state index contributed by atoms with van der Waals surface area (Å²) >= 11 is 5.45. The number of hydrogen-bond acceptors (Lipinski definition) is 3. The Morgan fingerprint density at radius 3 is 3.05 bits per heavy atom. The number of hydrogen-bond donors (Lipinski definition) is 1. The molecular weight excluding hydrogens is 351 g/mol. The fraction of sp³-hybridized carbons (Fsp3) is 0.625. The number of nitrogens with one attached hydrogen (secondary N) is 1. The molecule has 21 heavy (non-hydrogen) atoms. The normalized spacial score (nSPS) is 21.4. The minimum atomic E-state index is -0.104. The van der Waals surface area contributed by atoms with Crippen LogP contribution in [0, 0.1) is 5.82 Å². The monoisotopic (exact) mass is 374 g/mol. The van der Waals surface area contributed by atoms with Gasteiger partial charge in [-0.1, -0.05) is 22.9 Å². The molecule has 1 fully saturated rings. The molecule has 0 bridgehead atoms. The van der Waals surface area contributed by atoms with E-state index in [1.54, 1.807) is 12.1 Å². The van der Waals surface area contributed by atoms with Crippen LogP contribution in [0.25, 0.3) is 0 Å². The van der Waals surface area contributed by atoms with E-state index in [0.717, 1.165) is 41.7 Å². The van der Waals surface area contributed by atoms with E-state index < -0.39 is 0 Å². The van der Waals surface area contributed by atoms with E-state index in [4.69, 9.17) is 0 Å². The van der Waals surface area contributed by atoms with Gasteiger partial charge in [0, 0.05) is 34.6 Å². The molecule has 118 valence electrons. The Morgan fingerprint density at radius 1 is 1.52 bits per heavy atom. The zero-order chi connectivity index (χ0) is 15.2. The van der Waals surface area contributed by atoms with Gasteiger partial charge in [-0.2, -0.15) is 11.8 Å². The van der Waals surface area contributed by atoms with Gasteiger partial charge >= 0.3 is 0 Å². The first-order chi connectivity index (χ1) is 10.1. The molecule has 0 radical (unpaired) electrons. The Hall–Kier alpha value is -0.100. The molecule has 2 unspecified atom stereocenters. The van der Waals surface area contributed by atoms with Gasteiger partial charge in [0.05, 0.1) is 0 Å². The maximum atomic E-state index is 14.0. The molecule has 2 atom stereocenters. The molecule has 2 nitrogen and oxygen atoms in total. The lowest BCUT2D eigenvalue weighted by Crippen LogP contribution is -2.53. The smallest absolute Gasteiger partial charge is 0.126 e. The number of halogens is 2. The first-order valence-electron chi connectivity index (χ1n) is 7.57. The fourth-order valence-electron chi connectivity index (χ4n) is 2.74. The maximum absolute atomic E-state index is 14.0. The first kappa shape index (κ1) is 17.3. The van der Waals surface area contributed by atoms with Crippen molar-refractivity contribution in [3.63, 3.8) is 0 Å². The van der Waals surface area contributed by atoms with Gasteiger partial charge in [-0.05, 0) is 50.2 Å². The number of rotatable bonds is 6. The summed E-state index contributed by atoms with van der Waals surface area (Å²) < 4.78 is 15.0. The van der Waals surface area contributed by atoms with E-state index in [-0.39, 0.29) is 5.82 Å². The van der Waals surface area contributed by atoms with E-state index in [1.165, 1.54) is 5.75 Å². The highest BCUT2D eigenvalue weighted by molar-refractivity contribution is 9.10.